The second-order valence-electron chi connectivity index (χ2n) is 10.5. The molecular formula is C30H31FN6O3S. The van der Waals surface area contributed by atoms with E-state index in [1.54, 1.807) is 18.2 Å². The van der Waals surface area contributed by atoms with E-state index >= 15 is 0 Å². The van der Waals surface area contributed by atoms with Crippen LogP contribution in [0.3, 0.4) is 0 Å². The molecule has 0 aliphatic carbocycles. The van der Waals surface area contributed by atoms with Crippen molar-refractivity contribution in [2.75, 3.05) is 26.8 Å². The summed E-state index contributed by atoms with van der Waals surface area (Å²) in [5.41, 5.74) is 3.19. The zero-order chi connectivity index (χ0) is 28.3. The van der Waals surface area contributed by atoms with Crippen molar-refractivity contribution >= 4 is 28.8 Å². The summed E-state index contributed by atoms with van der Waals surface area (Å²) >= 11 is 1.49. The number of carbonyl (C=O) groups excluding carboxylic acids is 1. The van der Waals surface area contributed by atoms with Gasteiger partial charge in [0.2, 0.25) is 0 Å². The number of carbonyl (C=O) groups is 1. The second-order valence-corrected chi connectivity index (χ2v) is 11.5. The van der Waals surface area contributed by atoms with E-state index in [-0.39, 0.29) is 17.9 Å². The first-order chi connectivity index (χ1) is 20.0. The predicted octanol–water partition coefficient (Wildman–Crippen LogP) is 4.95. The van der Waals surface area contributed by atoms with Gasteiger partial charge in [0.05, 0.1) is 60.6 Å². The molecule has 6 rings (SSSR count). The molecule has 4 heterocycles. The highest BCUT2D eigenvalue weighted by molar-refractivity contribution is 7.98. The normalized spacial score (nSPS) is 17.8. The molecular weight excluding hydrogens is 543 g/mol. The SMILES string of the molecule is COC(=O)c1ccc2nc(CN3CCC(n4ccc(SCc5ccc(C#N)cc5F)n4)CC3)n(C[C@@H]3CCO3)c2c1. The zero-order valence-electron chi connectivity index (χ0n) is 22.8. The van der Waals surface area contributed by atoms with E-state index in [1.807, 2.05) is 35.1 Å². The largest absolute Gasteiger partial charge is 0.465 e. The van der Waals surface area contributed by atoms with E-state index in [2.05, 4.69) is 9.47 Å². The Morgan fingerprint density at radius 1 is 1.20 bits per heavy atom. The van der Waals surface area contributed by atoms with E-state index in [4.69, 9.17) is 24.8 Å². The minimum absolute atomic E-state index is 0.166. The summed E-state index contributed by atoms with van der Waals surface area (Å²) < 4.78 is 29.1. The summed E-state index contributed by atoms with van der Waals surface area (Å²) in [7, 11) is 1.39. The number of benzene rings is 2. The maximum Gasteiger partial charge on any atom is 0.337 e. The Morgan fingerprint density at radius 3 is 2.73 bits per heavy atom. The van der Waals surface area contributed by atoms with Crippen LogP contribution in [0, 0.1) is 17.1 Å². The van der Waals surface area contributed by atoms with Crippen LogP contribution in [0.2, 0.25) is 0 Å². The summed E-state index contributed by atoms with van der Waals surface area (Å²) in [5.74, 6) is 0.718. The minimum atomic E-state index is -0.360. The zero-order valence-corrected chi connectivity index (χ0v) is 23.6. The first kappa shape index (κ1) is 27.4. The molecule has 2 fully saturated rings. The molecule has 2 aliphatic heterocycles. The number of nitriles is 1. The summed E-state index contributed by atoms with van der Waals surface area (Å²) in [6.07, 6.45) is 5.13. The summed E-state index contributed by atoms with van der Waals surface area (Å²) in [5, 5.41) is 14.6. The molecule has 0 saturated carbocycles. The van der Waals surface area contributed by atoms with Gasteiger partial charge in [-0.25, -0.2) is 14.2 Å². The Morgan fingerprint density at radius 2 is 2.02 bits per heavy atom. The van der Waals surface area contributed by atoms with Crippen molar-refractivity contribution in [3.8, 4) is 6.07 Å². The Kier molecular flexibility index (Phi) is 8.05. The van der Waals surface area contributed by atoms with E-state index in [9.17, 15) is 9.18 Å². The second kappa shape index (κ2) is 12.0. The molecule has 0 unspecified atom stereocenters. The number of aromatic nitrogens is 4. The molecule has 0 N–H and O–H groups in total. The van der Waals surface area contributed by atoms with Crippen molar-refractivity contribution in [1.29, 1.82) is 5.26 Å². The first-order valence-corrected chi connectivity index (χ1v) is 14.8. The van der Waals surface area contributed by atoms with Gasteiger partial charge in [-0.3, -0.25) is 9.58 Å². The third-order valence-corrected chi connectivity index (χ3v) is 8.83. The Bertz CT molecular complexity index is 1600. The van der Waals surface area contributed by atoms with E-state index in [0.29, 0.717) is 35.0 Å². The summed E-state index contributed by atoms with van der Waals surface area (Å²) in [6, 6.07) is 14.3. The number of esters is 1. The van der Waals surface area contributed by atoms with Crippen molar-refractivity contribution in [3.05, 3.63) is 77.0 Å². The highest BCUT2D eigenvalue weighted by Crippen LogP contribution is 2.29. The third kappa shape index (κ3) is 6.00. The van der Waals surface area contributed by atoms with Crippen LogP contribution in [0.1, 0.15) is 52.6 Å². The number of rotatable bonds is 9. The molecule has 4 aromatic rings. The van der Waals surface area contributed by atoms with Crippen molar-refractivity contribution in [2.24, 2.45) is 0 Å². The molecule has 0 radical (unpaired) electrons. The Balaban J connectivity index is 1.09. The average Bonchev–Trinajstić information content (AvgIpc) is 3.58. The van der Waals surface area contributed by atoms with Gasteiger partial charge in [-0.1, -0.05) is 17.8 Å². The van der Waals surface area contributed by atoms with Gasteiger partial charge in [0.25, 0.3) is 0 Å². The number of halogens is 1. The number of hydrogen-bond donors (Lipinski definition) is 0. The van der Waals surface area contributed by atoms with E-state index in [1.165, 1.54) is 24.9 Å². The molecule has 0 bridgehead atoms. The Hall–Kier alpha value is -3.72. The van der Waals surface area contributed by atoms with Gasteiger partial charge in [-0.15, -0.1) is 0 Å². The van der Waals surface area contributed by atoms with Crippen LogP contribution in [0.25, 0.3) is 11.0 Å². The summed E-state index contributed by atoms with van der Waals surface area (Å²) in [6.45, 7) is 4.05. The van der Waals surface area contributed by atoms with Crippen molar-refractivity contribution in [2.45, 2.75) is 55.3 Å². The van der Waals surface area contributed by atoms with Gasteiger partial charge in [-0.05, 0) is 61.2 Å². The highest BCUT2D eigenvalue weighted by Gasteiger charge is 2.26. The van der Waals surface area contributed by atoms with Gasteiger partial charge >= 0.3 is 5.97 Å². The fraction of sp³-hybridized carbons (Fsp3) is 0.400. The van der Waals surface area contributed by atoms with Crippen LogP contribution >= 0.6 is 11.8 Å². The number of ether oxygens (including phenoxy) is 2. The number of thioether (sulfide) groups is 1. The number of hydrogen-bond acceptors (Lipinski definition) is 8. The predicted molar refractivity (Wildman–Crippen MR) is 152 cm³/mol. The average molecular weight is 575 g/mol. The number of piperidine rings is 1. The quantitative estimate of drug-likeness (QED) is 0.205. The lowest BCUT2D eigenvalue weighted by Gasteiger charge is -2.32. The molecule has 1 atom stereocenters. The lowest BCUT2D eigenvalue weighted by molar-refractivity contribution is -0.0592. The van der Waals surface area contributed by atoms with E-state index < -0.39 is 0 Å². The first-order valence-electron chi connectivity index (χ1n) is 13.8. The number of likely N-dealkylation sites (tertiary alicyclic amines) is 1. The maximum absolute atomic E-state index is 14.2. The molecule has 212 valence electrons. The minimum Gasteiger partial charge on any atom is -0.465 e. The fourth-order valence-corrected chi connectivity index (χ4v) is 6.25. The summed E-state index contributed by atoms with van der Waals surface area (Å²) in [4.78, 5) is 19.5. The molecule has 2 saturated heterocycles. The van der Waals surface area contributed by atoms with Crippen LogP contribution in [-0.2, 0) is 28.3 Å². The van der Waals surface area contributed by atoms with Gasteiger partial charge in [0.15, 0.2) is 0 Å². The van der Waals surface area contributed by atoms with Gasteiger partial charge in [0.1, 0.15) is 16.7 Å². The maximum atomic E-state index is 14.2. The molecule has 2 aromatic heterocycles. The van der Waals surface area contributed by atoms with Crippen LogP contribution < -0.4 is 0 Å². The molecule has 2 aliphatic rings. The monoisotopic (exact) mass is 574 g/mol. The molecule has 2 aromatic carbocycles. The lowest BCUT2D eigenvalue weighted by atomic mass is 10.1. The lowest BCUT2D eigenvalue weighted by Crippen LogP contribution is -2.36. The highest BCUT2D eigenvalue weighted by atomic mass is 32.2. The Labute approximate surface area is 241 Å². The van der Waals surface area contributed by atoms with Crippen molar-refractivity contribution < 1.29 is 18.7 Å². The standard InChI is InChI=1S/C30H31FN6O3S/c1-39-30(38)21-4-5-26-27(15-21)36(17-24-9-13-40-24)28(33-26)18-35-10-6-23(7-11-35)37-12-8-29(34-37)41-19-22-3-2-20(16-32)14-25(22)31/h2-5,8,12,14-15,23-24H,6-7,9-11,13,17-19H2,1H3/t24-/m0/s1. The molecule has 0 spiro atoms. The molecule has 41 heavy (non-hydrogen) atoms. The van der Waals surface area contributed by atoms with Gasteiger partial charge in [0, 0.05) is 31.6 Å². The topological polar surface area (TPSA) is 98.2 Å². The van der Waals surface area contributed by atoms with Gasteiger partial charge < -0.3 is 14.0 Å². The van der Waals surface area contributed by atoms with E-state index in [0.717, 1.165) is 67.4 Å². The smallest absolute Gasteiger partial charge is 0.337 e. The van der Waals surface area contributed by atoms with Crippen LogP contribution in [0.4, 0.5) is 4.39 Å². The number of nitrogens with zero attached hydrogens (tertiary/aromatic N) is 6. The van der Waals surface area contributed by atoms with Crippen LogP contribution in [0.15, 0.2) is 53.7 Å². The van der Waals surface area contributed by atoms with Crippen molar-refractivity contribution in [1.82, 2.24) is 24.2 Å². The van der Waals surface area contributed by atoms with Crippen LogP contribution in [0.5, 0.6) is 0 Å². The molecule has 0 amide bonds. The van der Waals surface area contributed by atoms with Crippen LogP contribution in [-0.4, -0.2) is 63.1 Å². The third-order valence-electron chi connectivity index (χ3n) is 7.87. The molecule has 11 heteroatoms. The number of fused-ring (bicyclic) bond motifs is 1. The van der Waals surface area contributed by atoms with Crippen molar-refractivity contribution in [3.63, 3.8) is 0 Å². The number of imidazole rings is 1. The number of methoxy groups -OCH3 is 1. The molecule has 9 nitrogen and oxygen atoms in total. The fourth-order valence-electron chi connectivity index (χ4n) is 5.40. The van der Waals surface area contributed by atoms with Gasteiger partial charge in [-0.2, -0.15) is 10.4 Å².